The first-order valence-electron chi connectivity index (χ1n) is 5.93. The van der Waals surface area contributed by atoms with Crippen molar-refractivity contribution in [3.05, 3.63) is 49.4 Å². The molecule has 4 N–H and O–H groups in total. The quantitative estimate of drug-likeness (QED) is 0.702. The van der Waals surface area contributed by atoms with Crippen molar-refractivity contribution in [1.29, 1.82) is 0 Å². The largest absolute Gasteiger partial charge is 0.366 e. The highest BCUT2D eigenvalue weighted by atomic mass is 32.1. The highest BCUT2D eigenvalue weighted by Crippen LogP contribution is 2.20. The van der Waals surface area contributed by atoms with Gasteiger partial charge >= 0.3 is 5.69 Å². The third kappa shape index (κ3) is 3.66. The maximum absolute atomic E-state index is 11.8. The number of H-pyrrole nitrogens is 1. The molecule has 0 saturated carbocycles. The molecule has 0 aliphatic rings. The van der Waals surface area contributed by atoms with E-state index in [-0.39, 0.29) is 24.4 Å². The number of hydrogen-bond acceptors (Lipinski definition) is 5. The molecule has 2 rings (SSSR count). The van der Waals surface area contributed by atoms with Gasteiger partial charge in [-0.1, -0.05) is 0 Å². The highest BCUT2D eigenvalue weighted by molar-refractivity contribution is 7.08. The van der Waals surface area contributed by atoms with Gasteiger partial charge in [0.15, 0.2) is 0 Å². The molecule has 0 atom stereocenters. The van der Waals surface area contributed by atoms with E-state index in [1.54, 1.807) is 10.8 Å². The molecule has 0 unspecified atom stereocenters. The fourth-order valence-electron chi connectivity index (χ4n) is 1.64. The number of carbonyl (C=O) groups excluding carboxylic acids is 2. The number of aromatic amines is 1. The molecule has 9 heteroatoms. The summed E-state index contributed by atoms with van der Waals surface area (Å²) in [6.07, 6.45) is 1.33. The first kappa shape index (κ1) is 14.7. The van der Waals surface area contributed by atoms with Crippen LogP contribution in [-0.2, 0) is 11.3 Å². The normalized spacial score (nSPS) is 10.3. The molecule has 0 fully saturated rings. The van der Waals surface area contributed by atoms with Gasteiger partial charge in [0.2, 0.25) is 5.91 Å². The Balaban J connectivity index is 1.99. The average molecular weight is 308 g/mol. The molecule has 21 heavy (non-hydrogen) atoms. The number of rotatable bonds is 5. The highest BCUT2D eigenvalue weighted by Gasteiger charge is 2.12. The molecule has 0 aromatic carbocycles. The summed E-state index contributed by atoms with van der Waals surface area (Å²) in [5.41, 5.74) is 4.69. The van der Waals surface area contributed by atoms with Gasteiger partial charge in [0, 0.05) is 36.0 Å². The van der Waals surface area contributed by atoms with Gasteiger partial charge in [-0.15, -0.1) is 11.3 Å². The van der Waals surface area contributed by atoms with Crippen LogP contribution in [0.4, 0.5) is 5.69 Å². The van der Waals surface area contributed by atoms with E-state index in [4.69, 9.17) is 5.73 Å². The van der Waals surface area contributed by atoms with Gasteiger partial charge in [-0.3, -0.25) is 19.4 Å². The zero-order valence-electron chi connectivity index (χ0n) is 10.8. The zero-order chi connectivity index (χ0) is 15.4. The summed E-state index contributed by atoms with van der Waals surface area (Å²) in [5, 5.41) is 5.70. The van der Waals surface area contributed by atoms with Crippen LogP contribution >= 0.6 is 11.3 Å². The Hall–Kier alpha value is -2.68. The maximum atomic E-state index is 11.8. The summed E-state index contributed by atoms with van der Waals surface area (Å²) < 4.78 is 1.21. The van der Waals surface area contributed by atoms with Crippen molar-refractivity contribution in [1.82, 2.24) is 9.55 Å². The number of hydrogen-bond donors (Lipinski definition) is 3. The predicted molar refractivity (Wildman–Crippen MR) is 77.4 cm³/mol. The van der Waals surface area contributed by atoms with Crippen LogP contribution in [0.15, 0.2) is 32.6 Å². The number of aromatic nitrogens is 2. The Labute approximate surface area is 122 Å². The molecular formula is C12H12N4O4S. The van der Waals surface area contributed by atoms with Crippen LogP contribution in [0.2, 0.25) is 0 Å². The van der Waals surface area contributed by atoms with Crippen LogP contribution in [0.5, 0.6) is 0 Å². The third-order valence-electron chi connectivity index (χ3n) is 2.68. The number of thiophene rings is 1. The zero-order valence-corrected chi connectivity index (χ0v) is 11.6. The minimum absolute atomic E-state index is 0.0139. The first-order valence-corrected chi connectivity index (χ1v) is 6.87. The average Bonchev–Trinajstić information content (AvgIpc) is 2.86. The van der Waals surface area contributed by atoms with Crippen molar-refractivity contribution in [3.63, 3.8) is 0 Å². The van der Waals surface area contributed by atoms with Crippen molar-refractivity contribution in [2.24, 2.45) is 5.73 Å². The second-order valence-electron chi connectivity index (χ2n) is 4.17. The molecule has 0 spiro atoms. The van der Waals surface area contributed by atoms with E-state index >= 15 is 0 Å². The minimum Gasteiger partial charge on any atom is -0.366 e. The molecular weight excluding hydrogens is 296 g/mol. The SMILES string of the molecule is NC(=O)c1cscc1NC(=O)CCn1ccc(=O)[nH]c1=O. The van der Waals surface area contributed by atoms with Crippen LogP contribution in [0.1, 0.15) is 16.8 Å². The number of nitrogens with two attached hydrogens (primary N) is 1. The van der Waals surface area contributed by atoms with Gasteiger partial charge in [0.05, 0.1) is 11.3 Å². The van der Waals surface area contributed by atoms with E-state index < -0.39 is 17.2 Å². The van der Waals surface area contributed by atoms with E-state index in [9.17, 15) is 19.2 Å². The standard InChI is InChI=1S/C12H12N4O4S/c13-11(19)7-5-21-6-8(7)14-9(17)1-3-16-4-2-10(18)15-12(16)20/h2,4-6H,1,3H2,(H2,13,19)(H,14,17)(H,15,18,20). The molecule has 110 valence electrons. The summed E-state index contributed by atoms with van der Waals surface area (Å²) in [6, 6.07) is 1.20. The Morgan fingerprint density at radius 2 is 2.10 bits per heavy atom. The molecule has 0 aliphatic heterocycles. The van der Waals surface area contributed by atoms with E-state index in [2.05, 4.69) is 10.3 Å². The van der Waals surface area contributed by atoms with Gasteiger partial charge in [-0.2, -0.15) is 0 Å². The molecule has 0 radical (unpaired) electrons. The molecule has 0 saturated heterocycles. The summed E-state index contributed by atoms with van der Waals surface area (Å²) >= 11 is 1.24. The molecule has 2 aromatic rings. The van der Waals surface area contributed by atoms with E-state index in [0.29, 0.717) is 5.69 Å². The van der Waals surface area contributed by atoms with E-state index in [0.717, 1.165) is 0 Å². The molecule has 0 bridgehead atoms. The Morgan fingerprint density at radius 3 is 2.76 bits per heavy atom. The van der Waals surface area contributed by atoms with Crippen molar-refractivity contribution in [2.75, 3.05) is 5.32 Å². The summed E-state index contributed by atoms with van der Waals surface area (Å²) in [7, 11) is 0. The van der Waals surface area contributed by atoms with E-state index in [1.807, 2.05) is 0 Å². The lowest BCUT2D eigenvalue weighted by atomic mass is 10.2. The smallest absolute Gasteiger partial charge is 0.328 e. The number of nitrogens with zero attached hydrogens (tertiary/aromatic N) is 1. The molecule has 2 heterocycles. The maximum Gasteiger partial charge on any atom is 0.328 e. The minimum atomic E-state index is -0.622. The lowest BCUT2D eigenvalue weighted by Crippen LogP contribution is -2.29. The van der Waals surface area contributed by atoms with Crippen LogP contribution in [-0.4, -0.2) is 21.4 Å². The molecule has 2 amide bonds. The number of nitrogens with one attached hydrogen (secondary N) is 2. The van der Waals surface area contributed by atoms with Gasteiger partial charge in [0.25, 0.3) is 11.5 Å². The number of aryl methyl sites for hydroxylation is 1. The van der Waals surface area contributed by atoms with Gasteiger partial charge in [0.1, 0.15) is 0 Å². The lowest BCUT2D eigenvalue weighted by Gasteiger charge is -2.06. The van der Waals surface area contributed by atoms with Gasteiger partial charge < -0.3 is 15.6 Å². The Morgan fingerprint density at radius 1 is 1.33 bits per heavy atom. The van der Waals surface area contributed by atoms with Crippen LogP contribution < -0.4 is 22.3 Å². The monoisotopic (exact) mass is 308 g/mol. The Bertz CT molecular complexity index is 789. The van der Waals surface area contributed by atoms with Crippen molar-refractivity contribution >= 4 is 28.8 Å². The molecule has 0 aliphatic carbocycles. The summed E-state index contributed by atoms with van der Waals surface area (Å²) in [6.45, 7) is 0.109. The van der Waals surface area contributed by atoms with Crippen LogP contribution in [0.3, 0.4) is 0 Å². The van der Waals surface area contributed by atoms with Crippen molar-refractivity contribution in [2.45, 2.75) is 13.0 Å². The first-order chi connectivity index (χ1) is 9.97. The number of anilines is 1. The molecule has 2 aromatic heterocycles. The Kier molecular flexibility index (Phi) is 4.33. The van der Waals surface area contributed by atoms with E-state index in [1.165, 1.54) is 28.2 Å². The topological polar surface area (TPSA) is 127 Å². The third-order valence-corrected chi connectivity index (χ3v) is 3.42. The second-order valence-corrected chi connectivity index (χ2v) is 4.91. The van der Waals surface area contributed by atoms with Gasteiger partial charge in [-0.05, 0) is 0 Å². The lowest BCUT2D eigenvalue weighted by molar-refractivity contribution is -0.116. The predicted octanol–water partition coefficient (Wildman–Crippen LogP) is -0.274. The van der Waals surface area contributed by atoms with Gasteiger partial charge in [-0.25, -0.2) is 4.79 Å². The van der Waals surface area contributed by atoms with Crippen LogP contribution in [0, 0.1) is 0 Å². The summed E-state index contributed by atoms with van der Waals surface area (Å²) in [4.78, 5) is 47.3. The van der Waals surface area contributed by atoms with Crippen LogP contribution in [0.25, 0.3) is 0 Å². The fraction of sp³-hybridized carbons (Fsp3) is 0.167. The molecule has 8 nitrogen and oxygen atoms in total. The number of primary amides is 1. The number of amides is 2. The van der Waals surface area contributed by atoms with Crippen molar-refractivity contribution < 1.29 is 9.59 Å². The fourth-order valence-corrected chi connectivity index (χ4v) is 2.41. The summed E-state index contributed by atoms with van der Waals surface area (Å²) in [5.74, 6) is -0.989. The second kappa shape index (κ2) is 6.18. The number of carbonyl (C=O) groups is 2. The van der Waals surface area contributed by atoms with Crippen molar-refractivity contribution in [3.8, 4) is 0 Å².